The highest BCUT2D eigenvalue weighted by Gasteiger charge is 2.31. The normalized spacial score (nSPS) is 25.5. The molecule has 1 fully saturated rings. The summed E-state index contributed by atoms with van der Waals surface area (Å²) in [5.74, 6) is 0.512. The second-order valence-corrected chi connectivity index (χ2v) is 5.95. The summed E-state index contributed by atoms with van der Waals surface area (Å²) in [6, 6.07) is 6.12. The third-order valence-electron chi connectivity index (χ3n) is 3.83. The molecule has 100 valence electrons. The highest BCUT2D eigenvalue weighted by atomic mass is 79.9. The Hall–Kier alpha value is -0.580. The van der Waals surface area contributed by atoms with E-state index < -0.39 is 6.10 Å². The van der Waals surface area contributed by atoms with Crippen molar-refractivity contribution < 1.29 is 10.2 Å². The molecule has 2 rings (SSSR count). The molecule has 4 heteroatoms. The summed E-state index contributed by atoms with van der Waals surface area (Å²) < 4.78 is 0.980. The van der Waals surface area contributed by atoms with Crippen molar-refractivity contribution in [1.82, 2.24) is 0 Å². The summed E-state index contributed by atoms with van der Waals surface area (Å²) in [7, 11) is 0. The molecule has 18 heavy (non-hydrogen) atoms. The topological polar surface area (TPSA) is 43.7 Å². The lowest BCUT2D eigenvalue weighted by molar-refractivity contribution is 0.199. The molecule has 1 aliphatic rings. The van der Waals surface area contributed by atoms with Crippen LogP contribution in [0.5, 0.6) is 0 Å². The molecule has 0 amide bonds. The number of hydrogen-bond acceptors (Lipinski definition) is 3. The van der Waals surface area contributed by atoms with Crippen molar-refractivity contribution in [2.24, 2.45) is 5.92 Å². The lowest BCUT2D eigenvalue weighted by Crippen LogP contribution is -2.35. The van der Waals surface area contributed by atoms with Crippen molar-refractivity contribution in [3.05, 3.63) is 28.2 Å². The first kappa shape index (κ1) is 13.8. The van der Waals surface area contributed by atoms with Crippen molar-refractivity contribution in [1.29, 1.82) is 0 Å². The van der Waals surface area contributed by atoms with E-state index in [1.54, 1.807) is 6.92 Å². The molecule has 2 N–H and O–H groups in total. The highest BCUT2D eigenvalue weighted by Crippen LogP contribution is 2.35. The van der Waals surface area contributed by atoms with E-state index >= 15 is 0 Å². The fraction of sp³-hybridized carbons (Fsp3) is 0.571. The molecule has 0 bridgehead atoms. The lowest BCUT2D eigenvalue weighted by Gasteiger charge is -2.28. The van der Waals surface area contributed by atoms with Gasteiger partial charge in [-0.3, -0.25) is 0 Å². The zero-order valence-corrected chi connectivity index (χ0v) is 12.4. The monoisotopic (exact) mass is 313 g/mol. The van der Waals surface area contributed by atoms with Crippen LogP contribution in [0.4, 0.5) is 5.69 Å². The Kier molecular flexibility index (Phi) is 4.30. The van der Waals surface area contributed by atoms with Crippen LogP contribution in [0.15, 0.2) is 22.7 Å². The first-order chi connectivity index (χ1) is 8.54. The van der Waals surface area contributed by atoms with Gasteiger partial charge in [0, 0.05) is 11.0 Å². The summed E-state index contributed by atoms with van der Waals surface area (Å²) in [5.41, 5.74) is 2.00. The van der Waals surface area contributed by atoms with Gasteiger partial charge in [-0.1, -0.05) is 13.0 Å². The number of nitrogens with zero attached hydrogens (tertiary/aromatic N) is 1. The SMILES string of the molecule is CC(O)c1ccc(N2CCC(C)C2CO)c(Br)c1. The molecule has 1 aliphatic heterocycles. The van der Waals surface area contributed by atoms with Crippen molar-refractivity contribution >= 4 is 21.6 Å². The molecule has 1 saturated heterocycles. The molecule has 0 aliphatic carbocycles. The molecule has 3 atom stereocenters. The molecule has 3 nitrogen and oxygen atoms in total. The van der Waals surface area contributed by atoms with Crippen LogP contribution in [0.25, 0.3) is 0 Å². The quantitative estimate of drug-likeness (QED) is 0.901. The minimum absolute atomic E-state index is 0.186. The van der Waals surface area contributed by atoms with Crippen LogP contribution < -0.4 is 4.90 Å². The van der Waals surface area contributed by atoms with E-state index in [1.807, 2.05) is 18.2 Å². The van der Waals surface area contributed by atoms with E-state index in [0.29, 0.717) is 5.92 Å². The predicted octanol–water partition coefficient (Wildman–Crippen LogP) is 2.71. The molecule has 3 unspecified atom stereocenters. The minimum atomic E-state index is -0.457. The van der Waals surface area contributed by atoms with Crippen LogP contribution in [-0.2, 0) is 0 Å². The molecule has 1 heterocycles. The van der Waals surface area contributed by atoms with Crippen LogP contribution in [0, 0.1) is 5.92 Å². The van der Waals surface area contributed by atoms with Crippen LogP contribution >= 0.6 is 15.9 Å². The van der Waals surface area contributed by atoms with Gasteiger partial charge in [-0.2, -0.15) is 0 Å². The second-order valence-electron chi connectivity index (χ2n) is 5.10. The summed E-state index contributed by atoms with van der Waals surface area (Å²) >= 11 is 3.57. The van der Waals surface area contributed by atoms with Gasteiger partial charge in [0.25, 0.3) is 0 Å². The lowest BCUT2D eigenvalue weighted by atomic mass is 10.0. The first-order valence-corrected chi connectivity index (χ1v) is 7.19. The van der Waals surface area contributed by atoms with E-state index in [0.717, 1.165) is 28.7 Å². The molecule has 0 saturated carbocycles. The number of benzene rings is 1. The largest absolute Gasteiger partial charge is 0.394 e. The maximum atomic E-state index is 9.57. The van der Waals surface area contributed by atoms with Gasteiger partial charge in [-0.15, -0.1) is 0 Å². The molecular formula is C14H20BrNO2. The van der Waals surface area contributed by atoms with E-state index in [2.05, 4.69) is 27.8 Å². The van der Waals surface area contributed by atoms with Gasteiger partial charge in [0.05, 0.1) is 24.4 Å². The fourth-order valence-corrected chi connectivity index (χ4v) is 3.23. The molecule has 0 radical (unpaired) electrons. The van der Waals surface area contributed by atoms with Crippen LogP contribution in [0.2, 0.25) is 0 Å². The third-order valence-corrected chi connectivity index (χ3v) is 4.47. The van der Waals surface area contributed by atoms with Gasteiger partial charge < -0.3 is 15.1 Å². The Morgan fingerprint density at radius 3 is 2.78 bits per heavy atom. The van der Waals surface area contributed by atoms with E-state index in [9.17, 15) is 10.2 Å². The van der Waals surface area contributed by atoms with Gasteiger partial charge in [0.15, 0.2) is 0 Å². The molecule has 1 aromatic carbocycles. The van der Waals surface area contributed by atoms with Crippen molar-refractivity contribution in [2.75, 3.05) is 18.1 Å². The zero-order valence-electron chi connectivity index (χ0n) is 10.8. The van der Waals surface area contributed by atoms with Gasteiger partial charge in [-0.25, -0.2) is 0 Å². The summed E-state index contributed by atoms with van der Waals surface area (Å²) in [5, 5.41) is 19.1. The third kappa shape index (κ3) is 2.56. The van der Waals surface area contributed by atoms with Gasteiger partial charge in [0.1, 0.15) is 0 Å². The second kappa shape index (κ2) is 5.59. The van der Waals surface area contributed by atoms with E-state index in [4.69, 9.17) is 0 Å². The Balaban J connectivity index is 2.28. The predicted molar refractivity (Wildman–Crippen MR) is 76.8 cm³/mol. The molecular weight excluding hydrogens is 294 g/mol. The summed E-state index contributed by atoms with van der Waals surface area (Å²) in [6.07, 6.45) is 0.650. The van der Waals surface area contributed by atoms with Crippen molar-refractivity contribution in [3.8, 4) is 0 Å². The van der Waals surface area contributed by atoms with Gasteiger partial charge >= 0.3 is 0 Å². The average Bonchev–Trinajstić information content (AvgIpc) is 2.70. The van der Waals surface area contributed by atoms with Crippen LogP contribution in [0.3, 0.4) is 0 Å². The Morgan fingerprint density at radius 2 is 2.22 bits per heavy atom. The zero-order chi connectivity index (χ0) is 13.3. The number of anilines is 1. The van der Waals surface area contributed by atoms with E-state index in [1.165, 1.54) is 0 Å². The highest BCUT2D eigenvalue weighted by molar-refractivity contribution is 9.10. The Bertz CT molecular complexity index is 422. The van der Waals surface area contributed by atoms with Gasteiger partial charge in [-0.05, 0) is 52.9 Å². The Morgan fingerprint density at radius 1 is 1.50 bits per heavy atom. The van der Waals surface area contributed by atoms with Crippen molar-refractivity contribution in [3.63, 3.8) is 0 Å². The Labute approximate surface area is 117 Å². The number of rotatable bonds is 3. The summed E-state index contributed by atoms with van der Waals surface area (Å²) in [4.78, 5) is 2.25. The minimum Gasteiger partial charge on any atom is -0.394 e. The fourth-order valence-electron chi connectivity index (χ4n) is 2.60. The van der Waals surface area contributed by atoms with Crippen LogP contribution in [-0.4, -0.2) is 29.4 Å². The smallest absolute Gasteiger partial charge is 0.0762 e. The van der Waals surface area contributed by atoms with E-state index in [-0.39, 0.29) is 12.6 Å². The number of aliphatic hydroxyl groups excluding tert-OH is 2. The maximum absolute atomic E-state index is 9.57. The maximum Gasteiger partial charge on any atom is 0.0762 e. The number of hydrogen-bond donors (Lipinski definition) is 2. The molecule has 0 aromatic heterocycles. The molecule has 1 aromatic rings. The standard InChI is InChI=1S/C14H20BrNO2/c1-9-5-6-16(14(9)8-17)13-4-3-11(10(2)18)7-12(13)15/h3-4,7,9-10,14,17-18H,5-6,8H2,1-2H3. The summed E-state index contributed by atoms with van der Waals surface area (Å²) in [6.45, 7) is 5.10. The van der Waals surface area contributed by atoms with Crippen LogP contribution in [0.1, 0.15) is 31.9 Å². The number of aliphatic hydroxyl groups is 2. The average molecular weight is 314 g/mol. The van der Waals surface area contributed by atoms with Crippen molar-refractivity contribution in [2.45, 2.75) is 32.4 Å². The first-order valence-electron chi connectivity index (χ1n) is 6.39. The molecule has 0 spiro atoms. The van der Waals surface area contributed by atoms with Gasteiger partial charge in [0.2, 0.25) is 0 Å². The number of halogens is 1.